The van der Waals surface area contributed by atoms with Crippen molar-refractivity contribution in [3.63, 3.8) is 0 Å². The van der Waals surface area contributed by atoms with Gasteiger partial charge < -0.3 is 5.73 Å². The van der Waals surface area contributed by atoms with Crippen molar-refractivity contribution in [2.24, 2.45) is 5.41 Å². The van der Waals surface area contributed by atoms with E-state index in [4.69, 9.17) is 5.73 Å². The van der Waals surface area contributed by atoms with Crippen LogP contribution in [0.15, 0.2) is 6.20 Å². The minimum absolute atomic E-state index is 0.519. The summed E-state index contributed by atoms with van der Waals surface area (Å²) in [4.78, 5) is 0. The van der Waals surface area contributed by atoms with Gasteiger partial charge in [-0.1, -0.05) is 13.8 Å². The zero-order valence-electron chi connectivity index (χ0n) is 9.01. The Balaban J connectivity index is 2.06. The van der Waals surface area contributed by atoms with Gasteiger partial charge in [-0.3, -0.25) is 5.10 Å². The van der Waals surface area contributed by atoms with Gasteiger partial charge in [0.15, 0.2) is 0 Å². The molecule has 1 heterocycles. The van der Waals surface area contributed by atoms with Gasteiger partial charge in [-0.25, -0.2) is 0 Å². The Morgan fingerprint density at radius 1 is 1.43 bits per heavy atom. The van der Waals surface area contributed by atoms with Crippen LogP contribution >= 0.6 is 0 Å². The molecule has 0 atom stereocenters. The lowest BCUT2D eigenvalue weighted by molar-refractivity contribution is 0.223. The van der Waals surface area contributed by atoms with Gasteiger partial charge in [0.05, 0.1) is 17.6 Å². The number of nitrogens with zero attached hydrogens (tertiary/aromatic N) is 1. The molecule has 0 spiro atoms. The van der Waals surface area contributed by atoms with Crippen LogP contribution in [-0.2, 0) is 0 Å². The number of hydrogen-bond acceptors (Lipinski definition) is 2. The van der Waals surface area contributed by atoms with Crippen molar-refractivity contribution < 1.29 is 0 Å². The molecular weight excluding hydrogens is 174 g/mol. The molecule has 0 saturated heterocycles. The van der Waals surface area contributed by atoms with Gasteiger partial charge in [0.25, 0.3) is 0 Å². The van der Waals surface area contributed by atoms with Gasteiger partial charge in [-0.05, 0) is 31.1 Å². The van der Waals surface area contributed by atoms with E-state index in [0.29, 0.717) is 11.3 Å². The van der Waals surface area contributed by atoms with Gasteiger partial charge >= 0.3 is 0 Å². The van der Waals surface area contributed by atoms with Crippen molar-refractivity contribution in [3.05, 3.63) is 11.9 Å². The number of nitrogens with two attached hydrogens (primary N) is 1. The topological polar surface area (TPSA) is 54.7 Å². The van der Waals surface area contributed by atoms with E-state index in [-0.39, 0.29) is 0 Å². The molecule has 1 aliphatic carbocycles. The Morgan fingerprint density at radius 3 is 2.57 bits per heavy atom. The SMILES string of the molecule is CC1(C)CCC(c2[nH]ncc2N)CC1. The Hall–Kier alpha value is -0.990. The average Bonchev–Trinajstić information content (AvgIpc) is 2.52. The van der Waals surface area contributed by atoms with Crippen LogP contribution < -0.4 is 5.73 Å². The zero-order chi connectivity index (χ0) is 10.2. The van der Waals surface area contributed by atoms with E-state index in [0.717, 1.165) is 11.4 Å². The number of hydrogen-bond donors (Lipinski definition) is 2. The fraction of sp³-hybridized carbons (Fsp3) is 0.727. The summed E-state index contributed by atoms with van der Waals surface area (Å²) in [6, 6.07) is 0. The molecule has 1 aliphatic rings. The summed E-state index contributed by atoms with van der Waals surface area (Å²) >= 11 is 0. The van der Waals surface area contributed by atoms with Crippen molar-refractivity contribution in [3.8, 4) is 0 Å². The summed E-state index contributed by atoms with van der Waals surface area (Å²) in [6.07, 6.45) is 6.76. The van der Waals surface area contributed by atoms with Crippen molar-refractivity contribution in [1.82, 2.24) is 10.2 Å². The maximum Gasteiger partial charge on any atom is 0.0733 e. The molecule has 0 unspecified atom stereocenters. The third kappa shape index (κ3) is 1.76. The second-order valence-electron chi connectivity index (χ2n) is 5.18. The molecule has 0 amide bonds. The number of aromatic nitrogens is 2. The Kier molecular flexibility index (Phi) is 2.25. The van der Waals surface area contributed by atoms with Gasteiger partial charge in [-0.15, -0.1) is 0 Å². The average molecular weight is 193 g/mol. The number of nitrogens with one attached hydrogen (secondary N) is 1. The summed E-state index contributed by atoms with van der Waals surface area (Å²) < 4.78 is 0. The van der Waals surface area contributed by atoms with E-state index in [1.165, 1.54) is 25.7 Å². The largest absolute Gasteiger partial charge is 0.396 e. The second kappa shape index (κ2) is 3.30. The maximum atomic E-state index is 5.85. The quantitative estimate of drug-likeness (QED) is 0.720. The fourth-order valence-electron chi connectivity index (χ4n) is 2.32. The molecule has 3 heteroatoms. The summed E-state index contributed by atoms with van der Waals surface area (Å²) in [6.45, 7) is 4.69. The third-order valence-corrected chi connectivity index (χ3v) is 3.45. The molecule has 0 bridgehead atoms. The first kappa shape index (κ1) is 9.56. The molecular formula is C11H19N3. The molecule has 3 nitrogen and oxygen atoms in total. The summed E-state index contributed by atoms with van der Waals surface area (Å²) in [7, 11) is 0. The van der Waals surface area contributed by atoms with Gasteiger partial charge in [-0.2, -0.15) is 5.10 Å². The minimum Gasteiger partial charge on any atom is -0.396 e. The van der Waals surface area contributed by atoms with Crippen molar-refractivity contribution in [2.45, 2.75) is 45.4 Å². The smallest absolute Gasteiger partial charge is 0.0733 e. The molecule has 2 rings (SSSR count). The van der Waals surface area contributed by atoms with Crippen molar-refractivity contribution >= 4 is 5.69 Å². The van der Waals surface area contributed by atoms with E-state index in [9.17, 15) is 0 Å². The molecule has 0 aromatic carbocycles. The van der Waals surface area contributed by atoms with E-state index in [1.807, 2.05) is 0 Å². The Morgan fingerprint density at radius 2 is 2.07 bits per heavy atom. The lowest BCUT2D eigenvalue weighted by atomic mass is 9.72. The van der Waals surface area contributed by atoms with E-state index >= 15 is 0 Å². The van der Waals surface area contributed by atoms with Crippen LogP contribution in [-0.4, -0.2) is 10.2 Å². The van der Waals surface area contributed by atoms with Gasteiger partial charge in [0.1, 0.15) is 0 Å². The maximum absolute atomic E-state index is 5.85. The number of rotatable bonds is 1. The molecule has 1 aromatic heterocycles. The van der Waals surface area contributed by atoms with Gasteiger partial charge in [0.2, 0.25) is 0 Å². The van der Waals surface area contributed by atoms with Gasteiger partial charge in [0, 0.05) is 5.92 Å². The van der Waals surface area contributed by atoms with Crippen LogP contribution in [0.3, 0.4) is 0 Å². The molecule has 14 heavy (non-hydrogen) atoms. The normalized spacial score (nSPS) is 22.4. The van der Waals surface area contributed by atoms with E-state index in [2.05, 4.69) is 24.0 Å². The highest BCUT2D eigenvalue weighted by Crippen LogP contribution is 2.42. The molecule has 1 aromatic rings. The summed E-state index contributed by atoms with van der Waals surface area (Å²) in [5.41, 5.74) is 8.35. The predicted molar refractivity (Wildman–Crippen MR) is 58.0 cm³/mol. The van der Waals surface area contributed by atoms with E-state index < -0.39 is 0 Å². The number of H-pyrrole nitrogens is 1. The zero-order valence-corrected chi connectivity index (χ0v) is 9.01. The van der Waals surface area contributed by atoms with Crippen molar-refractivity contribution in [2.75, 3.05) is 5.73 Å². The molecule has 1 fully saturated rings. The van der Waals surface area contributed by atoms with Crippen LogP contribution in [0.4, 0.5) is 5.69 Å². The number of nitrogen functional groups attached to an aromatic ring is 1. The Labute approximate surface area is 85.1 Å². The standard InChI is InChI=1S/C11H19N3/c1-11(2)5-3-8(4-6-11)10-9(12)7-13-14-10/h7-8H,3-6,12H2,1-2H3,(H,13,14). The first-order valence-corrected chi connectivity index (χ1v) is 5.37. The molecule has 0 radical (unpaired) electrons. The summed E-state index contributed by atoms with van der Waals surface area (Å²) in [5, 5.41) is 7.01. The van der Waals surface area contributed by atoms with Crippen LogP contribution in [0.25, 0.3) is 0 Å². The molecule has 3 N–H and O–H groups in total. The highest BCUT2D eigenvalue weighted by Gasteiger charge is 2.29. The monoisotopic (exact) mass is 193 g/mol. The Bertz CT molecular complexity index is 304. The third-order valence-electron chi connectivity index (χ3n) is 3.45. The second-order valence-corrected chi connectivity index (χ2v) is 5.18. The van der Waals surface area contributed by atoms with Crippen molar-refractivity contribution in [1.29, 1.82) is 0 Å². The lowest BCUT2D eigenvalue weighted by Crippen LogP contribution is -2.20. The highest BCUT2D eigenvalue weighted by atomic mass is 15.1. The minimum atomic E-state index is 0.519. The number of anilines is 1. The fourth-order valence-corrected chi connectivity index (χ4v) is 2.32. The van der Waals surface area contributed by atoms with Crippen LogP contribution in [0.5, 0.6) is 0 Å². The predicted octanol–water partition coefficient (Wildman–Crippen LogP) is 2.68. The van der Waals surface area contributed by atoms with Crippen LogP contribution in [0.1, 0.15) is 51.1 Å². The van der Waals surface area contributed by atoms with Crippen LogP contribution in [0.2, 0.25) is 0 Å². The molecule has 78 valence electrons. The summed E-state index contributed by atoms with van der Waals surface area (Å²) in [5.74, 6) is 0.602. The highest BCUT2D eigenvalue weighted by molar-refractivity contribution is 5.42. The van der Waals surface area contributed by atoms with E-state index in [1.54, 1.807) is 6.20 Å². The lowest BCUT2D eigenvalue weighted by Gasteiger charge is -2.33. The molecule has 0 aliphatic heterocycles. The number of aromatic amines is 1. The first-order chi connectivity index (χ1) is 6.58. The first-order valence-electron chi connectivity index (χ1n) is 5.37. The molecule has 1 saturated carbocycles. The van der Waals surface area contributed by atoms with Crippen LogP contribution in [0, 0.1) is 5.41 Å².